The Balaban J connectivity index is 1.60. The van der Waals surface area contributed by atoms with E-state index < -0.39 is 0 Å². The second-order valence-corrected chi connectivity index (χ2v) is 7.63. The Labute approximate surface area is 150 Å². The normalized spacial score (nSPS) is 22.8. The van der Waals surface area contributed by atoms with Gasteiger partial charge in [0.25, 0.3) is 5.91 Å². The number of phenols is 1. The van der Waals surface area contributed by atoms with E-state index in [1.165, 1.54) is 38.4 Å². The molecular formula is C20H30N2O3. The maximum atomic E-state index is 12.8. The molecule has 1 amide bonds. The molecule has 1 aromatic rings. The Morgan fingerprint density at radius 1 is 1.24 bits per heavy atom. The zero-order chi connectivity index (χ0) is 17.8. The van der Waals surface area contributed by atoms with Crippen molar-refractivity contribution in [2.45, 2.75) is 32.6 Å². The van der Waals surface area contributed by atoms with Gasteiger partial charge in [-0.25, -0.2) is 0 Å². The highest BCUT2D eigenvalue weighted by Gasteiger charge is 2.28. The van der Waals surface area contributed by atoms with Crippen LogP contribution in [0.4, 0.5) is 0 Å². The fourth-order valence-electron chi connectivity index (χ4n) is 4.00. The van der Waals surface area contributed by atoms with Crippen LogP contribution in [0.15, 0.2) is 18.2 Å². The first-order chi connectivity index (χ1) is 12.1. The third kappa shape index (κ3) is 4.46. The number of likely N-dealkylation sites (tertiary alicyclic amines) is 2. The number of phenolic OH excluding ortho intramolecular Hbond substituents is 1. The van der Waals surface area contributed by atoms with Crippen LogP contribution < -0.4 is 4.74 Å². The minimum absolute atomic E-state index is 0.00325. The molecule has 0 radical (unpaired) electrons. The van der Waals surface area contributed by atoms with Crippen LogP contribution in [-0.4, -0.2) is 60.6 Å². The summed E-state index contributed by atoms with van der Waals surface area (Å²) in [5.74, 6) is 1.86. The second-order valence-electron chi connectivity index (χ2n) is 7.63. The SMILES string of the molecule is COc1ccc(C(=O)N2CCC[C@H](CN3CCC(C)CC3)C2)c(O)c1. The van der Waals surface area contributed by atoms with E-state index in [1.54, 1.807) is 19.2 Å². The number of benzene rings is 1. The smallest absolute Gasteiger partial charge is 0.257 e. The van der Waals surface area contributed by atoms with Gasteiger partial charge in [-0.3, -0.25) is 4.79 Å². The number of amides is 1. The van der Waals surface area contributed by atoms with E-state index in [2.05, 4.69) is 11.8 Å². The molecule has 2 aliphatic rings. The van der Waals surface area contributed by atoms with E-state index in [0.29, 0.717) is 17.2 Å². The van der Waals surface area contributed by atoms with Crippen molar-refractivity contribution in [2.24, 2.45) is 11.8 Å². The van der Waals surface area contributed by atoms with E-state index in [9.17, 15) is 9.90 Å². The topological polar surface area (TPSA) is 53.0 Å². The van der Waals surface area contributed by atoms with Crippen LogP contribution in [0, 0.1) is 11.8 Å². The molecule has 0 bridgehead atoms. The van der Waals surface area contributed by atoms with E-state index >= 15 is 0 Å². The molecule has 1 N–H and O–H groups in total. The zero-order valence-corrected chi connectivity index (χ0v) is 15.4. The Hall–Kier alpha value is -1.75. The first-order valence-electron chi connectivity index (χ1n) is 9.45. The van der Waals surface area contributed by atoms with Crippen LogP contribution in [0.25, 0.3) is 0 Å². The van der Waals surface area contributed by atoms with Crippen molar-refractivity contribution >= 4 is 5.91 Å². The summed E-state index contributed by atoms with van der Waals surface area (Å²) in [5, 5.41) is 10.1. The third-order valence-electron chi connectivity index (χ3n) is 5.63. The van der Waals surface area contributed by atoms with Crippen LogP contribution in [0.5, 0.6) is 11.5 Å². The molecular weight excluding hydrogens is 316 g/mol. The molecule has 0 saturated carbocycles. The lowest BCUT2D eigenvalue weighted by Gasteiger charge is -2.38. The van der Waals surface area contributed by atoms with Crippen molar-refractivity contribution in [3.8, 4) is 11.5 Å². The number of hydrogen-bond acceptors (Lipinski definition) is 4. The Morgan fingerprint density at radius 2 is 2.00 bits per heavy atom. The second kappa shape index (κ2) is 8.09. The molecule has 1 aromatic carbocycles. The highest BCUT2D eigenvalue weighted by molar-refractivity contribution is 5.97. The zero-order valence-electron chi connectivity index (χ0n) is 15.4. The Bertz CT molecular complexity index is 597. The molecule has 2 saturated heterocycles. The molecule has 25 heavy (non-hydrogen) atoms. The number of carbonyl (C=O) groups excluding carboxylic acids is 1. The van der Waals surface area contributed by atoms with Gasteiger partial charge in [0.1, 0.15) is 11.5 Å². The predicted molar refractivity (Wildman–Crippen MR) is 98.1 cm³/mol. The lowest BCUT2D eigenvalue weighted by Crippen LogP contribution is -2.45. The van der Waals surface area contributed by atoms with Crippen molar-refractivity contribution in [1.82, 2.24) is 9.80 Å². The standard InChI is InChI=1S/C20H30N2O3/c1-15-7-10-21(11-8-15)13-16-4-3-9-22(14-16)20(24)18-6-5-17(25-2)12-19(18)23/h5-6,12,15-16,23H,3-4,7-11,13-14H2,1-2H3/t16-/m1/s1. The number of methoxy groups -OCH3 is 1. The molecule has 0 aliphatic carbocycles. The number of nitrogens with zero attached hydrogens (tertiary/aromatic N) is 2. The minimum atomic E-state index is -0.0721. The molecule has 5 nitrogen and oxygen atoms in total. The highest BCUT2D eigenvalue weighted by atomic mass is 16.5. The molecule has 5 heteroatoms. The van der Waals surface area contributed by atoms with Crippen LogP contribution >= 0.6 is 0 Å². The molecule has 3 rings (SSSR count). The van der Waals surface area contributed by atoms with Gasteiger partial charge in [-0.2, -0.15) is 0 Å². The molecule has 1 atom stereocenters. The van der Waals surface area contributed by atoms with Crippen LogP contribution in [0.2, 0.25) is 0 Å². The van der Waals surface area contributed by atoms with E-state index in [0.717, 1.165) is 32.0 Å². The average molecular weight is 346 g/mol. The molecule has 2 heterocycles. The minimum Gasteiger partial charge on any atom is -0.507 e. The highest BCUT2D eigenvalue weighted by Crippen LogP contribution is 2.27. The van der Waals surface area contributed by atoms with Crippen molar-refractivity contribution in [1.29, 1.82) is 0 Å². The number of carbonyl (C=O) groups is 1. The van der Waals surface area contributed by atoms with Gasteiger partial charge in [0.2, 0.25) is 0 Å². The monoisotopic (exact) mass is 346 g/mol. The molecule has 0 unspecified atom stereocenters. The van der Waals surface area contributed by atoms with E-state index in [1.807, 2.05) is 4.90 Å². The maximum absolute atomic E-state index is 12.8. The van der Waals surface area contributed by atoms with Gasteiger partial charge in [-0.1, -0.05) is 6.92 Å². The molecule has 0 spiro atoms. The summed E-state index contributed by atoms with van der Waals surface area (Å²) in [5.41, 5.74) is 0.369. The Morgan fingerprint density at radius 3 is 2.68 bits per heavy atom. The summed E-state index contributed by atoms with van der Waals surface area (Å²) in [6.07, 6.45) is 4.80. The molecule has 138 valence electrons. The summed E-state index contributed by atoms with van der Waals surface area (Å²) in [6.45, 7) is 7.36. The molecule has 2 aliphatic heterocycles. The maximum Gasteiger partial charge on any atom is 0.257 e. The third-order valence-corrected chi connectivity index (χ3v) is 5.63. The van der Waals surface area contributed by atoms with E-state index in [4.69, 9.17) is 4.74 Å². The lowest BCUT2D eigenvalue weighted by atomic mass is 9.94. The van der Waals surface area contributed by atoms with Gasteiger partial charge < -0.3 is 19.6 Å². The van der Waals surface area contributed by atoms with Gasteiger partial charge >= 0.3 is 0 Å². The summed E-state index contributed by atoms with van der Waals surface area (Å²) in [4.78, 5) is 17.3. The number of aromatic hydroxyl groups is 1. The van der Waals surface area contributed by atoms with Crippen LogP contribution in [0.1, 0.15) is 43.0 Å². The summed E-state index contributed by atoms with van der Waals surface area (Å²) >= 11 is 0. The summed E-state index contributed by atoms with van der Waals surface area (Å²) < 4.78 is 5.09. The van der Waals surface area contributed by atoms with Crippen molar-refractivity contribution in [3.63, 3.8) is 0 Å². The first-order valence-corrected chi connectivity index (χ1v) is 9.45. The van der Waals surface area contributed by atoms with Gasteiger partial charge in [-0.15, -0.1) is 0 Å². The summed E-state index contributed by atoms with van der Waals surface area (Å²) in [7, 11) is 1.55. The largest absolute Gasteiger partial charge is 0.507 e. The van der Waals surface area contributed by atoms with Crippen LogP contribution in [0.3, 0.4) is 0 Å². The fourth-order valence-corrected chi connectivity index (χ4v) is 4.00. The quantitative estimate of drug-likeness (QED) is 0.911. The van der Waals surface area contributed by atoms with Gasteiger partial charge in [-0.05, 0) is 62.7 Å². The number of ether oxygens (including phenoxy) is 1. The van der Waals surface area contributed by atoms with Gasteiger partial charge in [0.15, 0.2) is 0 Å². The Kier molecular flexibility index (Phi) is 5.84. The van der Waals surface area contributed by atoms with Gasteiger partial charge in [0.05, 0.1) is 12.7 Å². The summed E-state index contributed by atoms with van der Waals surface area (Å²) in [6, 6.07) is 4.89. The number of piperidine rings is 2. The first kappa shape index (κ1) is 18.1. The molecule has 2 fully saturated rings. The molecule has 0 aromatic heterocycles. The van der Waals surface area contributed by atoms with Crippen molar-refractivity contribution < 1.29 is 14.6 Å². The number of hydrogen-bond donors (Lipinski definition) is 1. The van der Waals surface area contributed by atoms with Crippen molar-refractivity contribution in [2.75, 3.05) is 39.8 Å². The van der Waals surface area contributed by atoms with Crippen molar-refractivity contribution in [3.05, 3.63) is 23.8 Å². The number of rotatable bonds is 4. The van der Waals surface area contributed by atoms with Gasteiger partial charge in [0, 0.05) is 25.7 Å². The average Bonchev–Trinajstić information content (AvgIpc) is 2.63. The lowest BCUT2D eigenvalue weighted by molar-refractivity contribution is 0.0619. The fraction of sp³-hybridized carbons (Fsp3) is 0.650. The van der Waals surface area contributed by atoms with Crippen LogP contribution in [-0.2, 0) is 0 Å². The predicted octanol–water partition coefficient (Wildman–Crippen LogP) is 2.98. The van der Waals surface area contributed by atoms with E-state index in [-0.39, 0.29) is 11.7 Å².